The molecule has 0 atom stereocenters. The van der Waals surface area contributed by atoms with Gasteiger partial charge in [0.15, 0.2) is 0 Å². The predicted octanol–water partition coefficient (Wildman–Crippen LogP) is 2.43. The van der Waals surface area contributed by atoms with E-state index >= 15 is 0 Å². The summed E-state index contributed by atoms with van der Waals surface area (Å²) < 4.78 is 5.03. The molecular formula is C12H15Br2N5O. The van der Waals surface area contributed by atoms with E-state index in [9.17, 15) is 4.79 Å². The summed E-state index contributed by atoms with van der Waals surface area (Å²) in [6.45, 7) is 3.07. The first-order valence-electron chi connectivity index (χ1n) is 6.08. The van der Waals surface area contributed by atoms with Gasteiger partial charge in [0.05, 0.1) is 33.6 Å². The number of halogens is 2. The Balaban J connectivity index is 2.23. The Hall–Kier alpha value is -1.15. The molecule has 0 aliphatic rings. The van der Waals surface area contributed by atoms with E-state index in [-0.39, 0.29) is 5.91 Å². The van der Waals surface area contributed by atoms with E-state index in [1.165, 1.54) is 0 Å². The molecule has 108 valence electrons. The quantitative estimate of drug-likeness (QED) is 0.786. The third-order valence-corrected chi connectivity index (χ3v) is 4.28. The number of carbonyl (C=O) groups is 1. The number of amides is 1. The lowest BCUT2D eigenvalue weighted by Crippen LogP contribution is -2.29. The van der Waals surface area contributed by atoms with E-state index in [0.29, 0.717) is 23.3 Å². The van der Waals surface area contributed by atoms with Crippen LogP contribution in [0.25, 0.3) is 0 Å². The molecule has 8 heteroatoms. The van der Waals surface area contributed by atoms with Crippen molar-refractivity contribution in [3.8, 4) is 0 Å². The molecule has 0 aromatic carbocycles. The first kappa shape index (κ1) is 15.2. The molecule has 0 unspecified atom stereocenters. The van der Waals surface area contributed by atoms with Crippen LogP contribution in [-0.4, -0.2) is 37.4 Å². The van der Waals surface area contributed by atoms with Gasteiger partial charge in [0.1, 0.15) is 5.69 Å². The Morgan fingerprint density at radius 2 is 1.95 bits per heavy atom. The third-order valence-electron chi connectivity index (χ3n) is 3.04. The molecule has 0 aliphatic carbocycles. The second-order valence-corrected chi connectivity index (χ2v) is 6.09. The number of aryl methyl sites for hydroxylation is 2. The van der Waals surface area contributed by atoms with Crippen LogP contribution in [0.3, 0.4) is 0 Å². The van der Waals surface area contributed by atoms with Gasteiger partial charge in [-0.1, -0.05) is 0 Å². The van der Waals surface area contributed by atoms with E-state index in [0.717, 1.165) is 10.2 Å². The highest BCUT2D eigenvalue weighted by molar-refractivity contribution is 9.10. The van der Waals surface area contributed by atoms with Crippen molar-refractivity contribution in [3.63, 3.8) is 0 Å². The van der Waals surface area contributed by atoms with Crippen LogP contribution in [0.15, 0.2) is 21.3 Å². The third kappa shape index (κ3) is 2.80. The van der Waals surface area contributed by atoms with E-state index < -0.39 is 0 Å². The van der Waals surface area contributed by atoms with Gasteiger partial charge in [-0.3, -0.25) is 14.2 Å². The maximum absolute atomic E-state index is 12.5. The van der Waals surface area contributed by atoms with Crippen molar-refractivity contribution in [3.05, 3.63) is 32.7 Å². The first-order valence-corrected chi connectivity index (χ1v) is 7.67. The van der Waals surface area contributed by atoms with Crippen LogP contribution in [0.4, 0.5) is 0 Å². The average Bonchev–Trinajstić information content (AvgIpc) is 2.94. The molecule has 0 saturated carbocycles. The van der Waals surface area contributed by atoms with Gasteiger partial charge in [-0.15, -0.1) is 0 Å². The monoisotopic (exact) mass is 403 g/mol. The molecule has 6 nitrogen and oxygen atoms in total. The van der Waals surface area contributed by atoms with Gasteiger partial charge in [-0.2, -0.15) is 10.2 Å². The van der Waals surface area contributed by atoms with E-state index in [1.54, 1.807) is 33.7 Å². The maximum atomic E-state index is 12.5. The number of hydrogen-bond acceptors (Lipinski definition) is 3. The predicted molar refractivity (Wildman–Crippen MR) is 82.3 cm³/mol. The van der Waals surface area contributed by atoms with Crippen molar-refractivity contribution in [1.29, 1.82) is 0 Å². The topological polar surface area (TPSA) is 56.0 Å². The lowest BCUT2D eigenvalue weighted by atomic mass is 10.3. The van der Waals surface area contributed by atoms with Gasteiger partial charge in [0.25, 0.3) is 5.91 Å². The summed E-state index contributed by atoms with van der Waals surface area (Å²) >= 11 is 6.81. The molecule has 20 heavy (non-hydrogen) atoms. The van der Waals surface area contributed by atoms with E-state index in [1.807, 2.05) is 14.0 Å². The summed E-state index contributed by atoms with van der Waals surface area (Å²) in [6, 6.07) is 0. The van der Waals surface area contributed by atoms with Gasteiger partial charge < -0.3 is 4.90 Å². The molecule has 0 aliphatic heterocycles. The molecule has 0 spiro atoms. The van der Waals surface area contributed by atoms with E-state index in [2.05, 4.69) is 42.1 Å². The van der Waals surface area contributed by atoms with Gasteiger partial charge >= 0.3 is 0 Å². The Bertz CT molecular complexity index is 614. The summed E-state index contributed by atoms with van der Waals surface area (Å²) in [7, 11) is 3.62. The molecule has 2 heterocycles. The average molecular weight is 405 g/mol. The molecule has 0 fully saturated rings. The van der Waals surface area contributed by atoms with Crippen LogP contribution in [0.2, 0.25) is 0 Å². The summed E-state index contributed by atoms with van der Waals surface area (Å²) in [4.78, 5) is 14.2. The van der Waals surface area contributed by atoms with Crippen molar-refractivity contribution in [2.45, 2.75) is 20.0 Å². The first-order chi connectivity index (χ1) is 9.45. The minimum Gasteiger partial charge on any atom is -0.334 e. The van der Waals surface area contributed by atoms with E-state index in [4.69, 9.17) is 0 Å². The maximum Gasteiger partial charge on any atom is 0.273 e. The summed E-state index contributed by atoms with van der Waals surface area (Å²) in [5.41, 5.74) is 1.51. The normalized spacial score (nSPS) is 10.8. The molecule has 2 aromatic rings. The summed E-state index contributed by atoms with van der Waals surface area (Å²) in [6.07, 6.45) is 3.37. The fourth-order valence-electron chi connectivity index (χ4n) is 1.91. The largest absolute Gasteiger partial charge is 0.334 e. The zero-order valence-electron chi connectivity index (χ0n) is 11.5. The minimum atomic E-state index is -0.0793. The van der Waals surface area contributed by atoms with Crippen molar-refractivity contribution in [1.82, 2.24) is 24.5 Å². The van der Waals surface area contributed by atoms with Crippen LogP contribution >= 0.6 is 31.9 Å². The summed E-state index contributed by atoms with van der Waals surface area (Å²) in [5, 5.41) is 8.31. The molecular weight excluding hydrogens is 390 g/mol. The Labute approximate surface area is 134 Å². The van der Waals surface area contributed by atoms with Gasteiger partial charge in [0, 0.05) is 20.6 Å². The summed E-state index contributed by atoms with van der Waals surface area (Å²) in [5.74, 6) is -0.0793. The number of carbonyl (C=O) groups excluding carboxylic acids is 1. The highest BCUT2D eigenvalue weighted by Crippen LogP contribution is 2.21. The fourth-order valence-corrected chi connectivity index (χ4v) is 2.85. The standard InChI is InChI=1S/C12H15Br2N5O/c1-4-19-11(9(14)6-16-19)12(20)17(2)7-10-8(13)5-15-18(10)3/h5-6H,4,7H2,1-3H3. The zero-order valence-corrected chi connectivity index (χ0v) is 14.6. The number of nitrogens with zero attached hydrogens (tertiary/aromatic N) is 5. The van der Waals surface area contributed by atoms with Crippen molar-refractivity contribution in [2.24, 2.45) is 7.05 Å². The lowest BCUT2D eigenvalue weighted by molar-refractivity contribution is 0.0768. The molecule has 2 aromatic heterocycles. The molecule has 0 N–H and O–H groups in total. The smallest absolute Gasteiger partial charge is 0.273 e. The highest BCUT2D eigenvalue weighted by Gasteiger charge is 2.21. The van der Waals surface area contributed by atoms with Crippen molar-refractivity contribution < 1.29 is 4.79 Å². The second-order valence-electron chi connectivity index (χ2n) is 4.38. The van der Waals surface area contributed by atoms with Crippen LogP contribution in [0.1, 0.15) is 23.1 Å². The minimum absolute atomic E-state index is 0.0793. The van der Waals surface area contributed by atoms with Gasteiger partial charge in [-0.25, -0.2) is 0 Å². The Kier molecular flexibility index (Phi) is 4.64. The number of rotatable bonds is 4. The van der Waals surface area contributed by atoms with Crippen molar-refractivity contribution in [2.75, 3.05) is 7.05 Å². The van der Waals surface area contributed by atoms with Crippen molar-refractivity contribution >= 4 is 37.8 Å². The van der Waals surface area contributed by atoms with Crippen LogP contribution < -0.4 is 0 Å². The molecule has 0 saturated heterocycles. The number of hydrogen-bond donors (Lipinski definition) is 0. The molecule has 1 amide bonds. The molecule has 0 bridgehead atoms. The number of aromatic nitrogens is 4. The fraction of sp³-hybridized carbons (Fsp3) is 0.417. The Morgan fingerprint density at radius 1 is 1.30 bits per heavy atom. The zero-order chi connectivity index (χ0) is 14.9. The molecule has 0 radical (unpaired) electrons. The lowest BCUT2D eigenvalue weighted by Gasteiger charge is -2.18. The van der Waals surface area contributed by atoms with Crippen LogP contribution in [0, 0.1) is 0 Å². The van der Waals surface area contributed by atoms with Gasteiger partial charge in [0.2, 0.25) is 0 Å². The second kappa shape index (κ2) is 6.09. The van der Waals surface area contributed by atoms with Gasteiger partial charge in [-0.05, 0) is 38.8 Å². The molecule has 2 rings (SSSR count). The Morgan fingerprint density at radius 3 is 2.50 bits per heavy atom. The van der Waals surface area contributed by atoms with Crippen LogP contribution in [-0.2, 0) is 20.1 Å². The van der Waals surface area contributed by atoms with Crippen LogP contribution in [0.5, 0.6) is 0 Å². The highest BCUT2D eigenvalue weighted by atomic mass is 79.9. The SMILES string of the molecule is CCn1ncc(Br)c1C(=O)N(C)Cc1c(Br)cnn1C.